The van der Waals surface area contributed by atoms with Crippen molar-refractivity contribution in [2.24, 2.45) is 0 Å². The Labute approximate surface area is 146 Å². The summed E-state index contributed by atoms with van der Waals surface area (Å²) in [4.78, 5) is 17.8. The van der Waals surface area contributed by atoms with E-state index in [2.05, 4.69) is 25.2 Å². The van der Waals surface area contributed by atoms with Gasteiger partial charge < -0.3 is 19.5 Å². The van der Waals surface area contributed by atoms with Gasteiger partial charge in [0.1, 0.15) is 17.2 Å². The number of rotatable bonds is 4. The Bertz CT molecular complexity index is 861. The van der Waals surface area contributed by atoms with Crippen LogP contribution in [0.4, 0.5) is 17.6 Å². The van der Waals surface area contributed by atoms with Crippen molar-refractivity contribution < 1.29 is 4.42 Å². The molecule has 1 aliphatic rings. The molecule has 0 aromatic carbocycles. The number of aromatic nitrogens is 3. The molecule has 0 saturated carbocycles. The molecule has 4 rings (SSSR count). The van der Waals surface area contributed by atoms with Crippen molar-refractivity contribution in [2.75, 3.05) is 42.3 Å². The van der Waals surface area contributed by atoms with Crippen molar-refractivity contribution in [1.29, 1.82) is 0 Å². The topological polar surface area (TPSA) is 70.3 Å². The normalized spacial score (nSPS) is 17.7. The molecule has 1 fully saturated rings. The number of anilines is 3. The molecule has 0 aliphatic carbocycles. The van der Waals surface area contributed by atoms with Crippen molar-refractivity contribution in [3.05, 3.63) is 36.9 Å². The number of piperidine rings is 1. The highest BCUT2D eigenvalue weighted by molar-refractivity contribution is 5.88. The van der Waals surface area contributed by atoms with Crippen LogP contribution >= 0.6 is 0 Å². The number of nitrogens with zero attached hydrogens (tertiary/aromatic N) is 5. The lowest BCUT2D eigenvalue weighted by atomic mass is 10.1. The van der Waals surface area contributed by atoms with Gasteiger partial charge >= 0.3 is 0 Å². The van der Waals surface area contributed by atoms with Gasteiger partial charge in [-0.3, -0.25) is 0 Å². The van der Waals surface area contributed by atoms with Crippen LogP contribution in [0.3, 0.4) is 0 Å². The summed E-state index contributed by atoms with van der Waals surface area (Å²) < 4.78 is 5.50. The van der Waals surface area contributed by atoms with Gasteiger partial charge in [-0.05, 0) is 31.0 Å². The summed E-state index contributed by atoms with van der Waals surface area (Å²) >= 11 is 0. The molecule has 3 aromatic heterocycles. The van der Waals surface area contributed by atoms with Crippen molar-refractivity contribution in [2.45, 2.75) is 18.9 Å². The van der Waals surface area contributed by atoms with Crippen molar-refractivity contribution >= 4 is 28.6 Å². The molecular weight excluding hydrogens is 316 g/mol. The Morgan fingerprint density at radius 3 is 2.96 bits per heavy atom. The standard InChI is InChI=1S/C18H22N6O/c1-23(2)16-6-9-20-18(22-16)21-13-4-3-10-24(12-13)17-14-7-11-25-15(14)5-8-19-17/h5-9,11,13H,3-4,10,12H2,1-2H3,(H,20,21,22). The molecule has 0 bridgehead atoms. The van der Waals surface area contributed by atoms with E-state index >= 15 is 0 Å². The van der Waals surface area contributed by atoms with Gasteiger partial charge in [0.25, 0.3) is 0 Å². The van der Waals surface area contributed by atoms with E-state index in [1.165, 1.54) is 0 Å². The zero-order valence-electron chi connectivity index (χ0n) is 14.5. The zero-order valence-corrected chi connectivity index (χ0v) is 14.5. The highest BCUT2D eigenvalue weighted by atomic mass is 16.3. The highest BCUT2D eigenvalue weighted by Gasteiger charge is 2.23. The summed E-state index contributed by atoms with van der Waals surface area (Å²) in [6, 6.07) is 6.08. The predicted octanol–water partition coefficient (Wildman–Crippen LogP) is 2.76. The van der Waals surface area contributed by atoms with E-state index in [1.54, 1.807) is 12.5 Å². The summed E-state index contributed by atoms with van der Waals surface area (Å²) in [5, 5.41) is 4.54. The molecule has 1 saturated heterocycles. The number of nitrogens with one attached hydrogen (secondary N) is 1. The molecule has 7 nitrogen and oxygen atoms in total. The maximum atomic E-state index is 5.50. The molecule has 0 spiro atoms. The fourth-order valence-electron chi connectivity index (χ4n) is 3.27. The number of hydrogen-bond acceptors (Lipinski definition) is 7. The molecule has 25 heavy (non-hydrogen) atoms. The summed E-state index contributed by atoms with van der Waals surface area (Å²) in [6.07, 6.45) is 7.51. The molecule has 1 aliphatic heterocycles. The third kappa shape index (κ3) is 3.22. The van der Waals surface area contributed by atoms with Crippen molar-refractivity contribution in [3.8, 4) is 0 Å². The number of furan rings is 1. The lowest BCUT2D eigenvalue weighted by Gasteiger charge is -2.34. The number of fused-ring (bicyclic) bond motifs is 1. The van der Waals surface area contributed by atoms with Crippen LogP contribution in [0.5, 0.6) is 0 Å². The first kappa shape index (κ1) is 15.7. The summed E-state index contributed by atoms with van der Waals surface area (Å²) in [7, 11) is 3.96. The lowest BCUT2D eigenvalue weighted by molar-refractivity contribution is 0.525. The predicted molar refractivity (Wildman–Crippen MR) is 99.2 cm³/mol. The smallest absolute Gasteiger partial charge is 0.224 e. The minimum absolute atomic E-state index is 0.287. The molecule has 3 aromatic rings. The van der Waals surface area contributed by atoms with E-state index in [1.807, 2.05) is 43.4 Å². The van der Waals surface area contributed by atoms with Crippen LogP contribution in [-0.4, -0.2) is 48.2 Å². The van der Waals surface area contributed by atoms with Gasteiger partial charge in [0.2, 0.25) is 5.95 Å². The second-order valence-electron chi connectivity index (χ2n) is 6.53. The fraction of sp³-hybridized carbons (Fsp3) is 0.389. The minimum atomic E-state index is 0.287. The van der Waals surface area contributed by atoms with Crippen LogP contribution in [0.25, 0.3) is 11.0 Å². The van der Waals surface area contributed by atoms with Gasteiger partial charge in [0.15, 0.2) is 0 Å². The number of hydrogen-bond donors (Lipinski definition) is 1. The molecule has 130 valence electrons. The SMILES string of the molecule is CN(C)c1ccnc(NC2CCCN(c3nccc4occc34)C2)n1. The Hall–Kier alpha value is -2.83. The fourth-order valence-corrected chi connectivity index (χ4v) is 3.27. The van der Waals surface area contributed by atoms with Gasteiger partial charge in [0, 0.05) is 45.6 Å². The van der Waals surface area contributed by atoms with Crippen LogP contribution in [0, 0.1) is 0 Å². The highest BCUT2D eigenvalue weighted by Crippen LogP contribution is 2.28. The van der Waals surface area contributed by atoms with E-state index < -0.39 is 0 Å². The minimum Gasteiger partial charge on any atom is -0.464 e. The molecule has 0 amide bonds. The first-order chi connectivity index (χ1) is 12.2. The Morgan fingerprint density at radius 1 is 1.20 bits per heavy atom. The van der Waals surface area contributed by atoms with Gasteiger partial charge in [-0.15, -0.1) is 0 Å². The Morgan fingerprint density at radius 2 is 2.08 bits per heavy atom. The zero-order chi connectivity index (χ0) is 17.2. The van der Waals surface area contributed by atoms with Gasteiger partial charge in [0.05, 0.1) is 11.6 Å². The molecule has 4 heterocycles. The van der Waals surface area contributed by atoms with E-state index in [0.717, 1.165) is 48.5 Å². The maximum Gasteiger partial charge on any atom is 0.224 e. The first-order valence-corrected chi connectivity index (χ1v) is 8.55. The summed E-state index contributed by atoms with van der Waals surface area (Å²) in [6.45, 7) is 1.86. The summed E-state index contributed by atoms with van der Waals surface area (Å²) in [5.41, 5.74) is 0.877. The van der Waals surface area contributed by atoms with Crippen LogP contribution in [0.2, 0.25) is 0 Å². The van der Waals surface area contributed by atoms with Crippen LogP contribution < -0.4 is 15.1 Å². The van der Waals surface area contributed by atoms with Crippen LogP contribution in [0.15, 0.2) is 41.3 Å². The second-order valence-corrected chi connectivity index (χ2v) is 6.53. The van der Waals surface area contributed by atoms with E-state index in [4.69, 9.17) is 4.42 Å². The van der Waals surface area contributed by atoms with Gasteiger partial charge in [-0.1, -0.05) is 0 Å². The third-order valence-electron chi connectivity index (χ3n) is 4.51. The lowest BCUT2D eigenvalue weighted by Crippen LogP contribution is -2.42. The van der Waals surface area contributed by atoms with Gasteiger partial charge in [-0.2, -0.15) is 4.98 Å². The largest absolute Gasteiger partial charge is 0.464 e. The molecule has 7 heteroatoms. The first-order valence-electron chi connectivity index (χ1n) is 8.55. The summed E-state index contributed by atoms with van der Waals surface area (Å²) in [5.74, 6) is 2.56. The van der Waals surface area contributed by atoms with Crippen LogP contribution in [-0.2, 0) is 0 Å². The van der Waals surface area contributed by atoms with Gasteiger partial charge in [-0.25, -0.2) is 9.97 Å². The van der Waals surface area contributed by atoms with Crippen molar-refractivity contribution in [3.63, 3.8) is 0 Å². The Kier molecular flexibility index (Phi) is 4.13. The molecule has 0 radical (unpaired) electrons. The third-order valence-corrected chi connectivity index (χ3v) is 4.51. The molecule has 1 atom stereocenters. The van der Waals surface area contributed by atoms with E-state index in [0.29, 0.717) is 5.95 Å². The molecule has 1 unspecified atom stereocenters. The van der Waals surface area contributed by atoms with E-state index in [9.17, 15) is 0 Å². The quantitative estimate of drug-likeness (QED) is 0.784. The second kappa shape index (κ2) is 6.58. The number of pyridine rings is 1. The average molecular weight is 338 g/mol. The average Bonchev–Trinajstić information content (AvgIpc) is 3.11. The Balaban J connectivity index is 1.51. The molecule has 1 N–H and O–H groups in total. The van der Waals surface area contributed by atoms with E-state index in [-0.39, 0.29) is 6.04 Å². The molecular formula is C18H22N6O. The van der Waals surface area contributed by atoms with Crippen LogP contribution in [0.1, 0.15) is 12.8 Å². The van der Waals surface area contributed by atoms with Crippen molar-refractivity contribution in [1.82, 2.24) is 15.0 Å². The maximum absolute atomic E-state index is 5.50. The monoisotopic (exact) mass is 338 g/mol.